The van der Waals surface area contributed by atoms with Gasteiger partial charge in [0, 0.05) is 20.3 Å². The van der Waals surface area contributed by atoms with Gasteiger partial charge >= 0.3 is 0 Å². The summed E-state index contributed by atoms with van der Waals surface area (Å²) in [6.07, 6.45) is 6.01. The van der Waals surface area contributed by atoms with Gasteiger partial charge in [-0.2, -0.15) is 0 Å². The van der Waals surface area contributed by atoms with E-state index >= 15 is 0 Å². The molecule has 0 aromatic rings. The molecule has 0 amide bonds. The lowest BCUT2D eigenvalue weighted by Gasteiger charge is -2.04. The molecule has 0 bridgehead atoms. The summed E-state index contributed by atoms with van der Waals surface area (Å²) < 4.78 is 0. The zero-order chi connectivity index (χ0) is 10.1. The summed E-state index contributed by atoms with van der Waals surface area (Å²) in [4.78, 5) is 6.98. The maximum Gasteiger partial charge on any atom is 0.114 e. The number of hydrogen-bond donors (Lipinski definition) is 0. The molecule has 13 heavy (non-hydrogen) atoms. The van der Waals surface area contributed by atoms with E-state index in [0.29, 0.717) is 6.61 Å². The molecule has 0 aromatic heterocycles. The Labute approximate surface area is 81.1 Å². The van der Waals surface area contributed by atoms with Gasteiger partial charge in [0.05, 0.1) is 5.71 Å². The molecule has 0 heterocycles. The molecule has 0 rings (SSSR count). The maximum absolute atomic E-state index is 5.00. The van der Waals surface area contributed by atoms with Crippen molar-refractivity contribution < 1.29 is 4.84 Å². The third kappa shape index (κ3) is 7.37. The fourth-order valence-corrected chi connectivity index (χ4v) is 0.798. The molecule has 0 radical (unpaired) electrons. The highest BCUT2D eigenvalue weighted by molar-refractivity contribution is 5.94. The predicted molar refractivity (Wildman–Crippen MR) is 56.8 cm³/mol. The van der Waals surface area contributed by atoms with E-state index < -0.39 is 0 Å². The fourth-order valence-electron chi connectivity index (χ4n) is 0.798. The Balaban J connectivity index is 4.08. The zero-order valence-corrected chi connectivity index (χ0v) is 9.08. The van der Waals surface area contributed by atoms with Gasteiger partial charge in [-0.1, -0.05) is 18.5 Å². The van der Waals surface area contributed by atoms with Crippen LogP contribution in [-0.4, -0.2) is 31.3 Å². The molecule has 3 heteroatoms. The van der Waals surface area contributed by atoms with Crippen molar-refractivity contribution in [2.45, 2.75) is 26.7 Å². The molecule has 0 aromatic carbocycles. The largest absolute Gasteiger partial charge is 0.396 e. The molecular weight excluding hydrogens is 164 g/mol. The van der Waals surface area contributed by atoms with Gasteiger partial charge in [0.25, 0.3) is 0 Å². The van der Waals surface area contributed by atoms with Crippen molar-refractivity contribution in [1.29, 1.82) is 0 Å². The van der Waals surface area contributed by atoms with Crippen LogP contribution in [0.2, 0.25) is 0 Å². The first-order valence-corrected chi connectivity index (χ1v) is 4.74. The minimum absolute atomic E-state index is 0.628. The summed E-state index contributed by atoms with van der Waals surface area (Å²) >= 11 is 0. The Morgan fingerprint density at radius 3 is 2.54 bits per heavy atom. The average molecular weight is 184 g/mol. The van der Waals surface area contributed by atoms with Crippen molar-refractivity contribution >= 4 is 5.71 Å². The molecule has 76 valence electrons. The minimum Gasteiger partial charge on any atom is -0.396 e. The third-order valence-corrected chi connectivity index (χ3v) is 1.38. The Morgan fingerprint density at radius 2 is 2.08 bits per heavy atom. The van der Waals surface area contributed by atoms with Crippen LogP contribution < -0.4 is 0 Å². The molecule has 0 spiro atoms. The quantitative estimate of drug-likeness (QED) is 0.467. The van der Waals surface area contributed by atoms with E-state index in [4.69, 9.17) is 4.84 Å². The number of rotatable bonds is 6. The van der Waals surface area contributed by atoms with Crippen molar-refractivity contribution in [1.82, 2.24) is 4.90 Å². The van der Waals surface area contributed by atoms with E-state index in [-0.39, 0.29) is 0 Å². The summed E-state index contributed by atoms with van der Waals surface area (Å²) in [5, 5.41) is 4.01. The van der Waals surface area contributed by atoms with Gasteiger partial charge < -0.3 is 9.74 Å². The van der Waals surface area contributed by atoms with Crippen LogP contribution in [0.4, 0.5) is 0 Å². The topological polar surface area (TPSA) is 24.8 Å². The molecule has 0 unspecified atom stereocenters. The normalized spacial score (nSPS) is 12.2. The fraction of sp³-hybridized carbons (Fsp3) is 0.700. The molecular formula is C10H20N2O. The second kappa shape index (κ2) is 7.65. The highest BCUT2D eigenvalue weighted by Crippen LogP contribution is 1.96. The lowest BCUT2D eigenvalue weighted by Crippen LogP contribution is -2.03. The SMILES string of the molecule is CCCC(/C=C/N(C)C)=N/OCC. The standard InChI is InChI=1S/C10H20N2O/c1-5-7-10(11-13-6-2)8-9-12(3)4/h8-9H,5-7H2,1-4H3/b9-8+,11-10-. The van der Waals surface area contributed by atoms with Crippen LogP contribution in [0.25, 0.3) is 0 Å². The highest BCUT2D eigenvalue weighted by atomic mass is 16.6. The molecule has 0 saturated heterocycles. The maximum atomic E-state index is 5.00. The van der Waals surface area contributed by atoms with Crippen LogP contribution in [-0.2, 0) is 4.84 Å². The lowest BCUT2D eigenvalue weighted by molar-refractivity contribution is 0.158. The molecule has 0 fully saturated rings. The monoisotopic (exact) mass is 184 g/mol. The second-order valence-electron chi connectivity index (χ2n) is 3.03. The molecule has 0 saturated carbocycles. The molecule has 3 nitrogen and oxygen atoms in total. The summed E-state index contributed by atoms with van der Waals surface area (Å²) in [5.74, 6) is 0. The van der Waals surface area contributed by atoms with E-state index in [1.807, 2.05) is 38.2 Å². The number of allylic oxidation sites excluding steroid dienone is 1. The average Bonchev–Trinajstić information content (AvgIpc) is 2.09. The van der Waals surface area contributed by atoms with Gasteiger partial charge in [-0.15, -0.1) is 0 Å². The number of nitrogens with zero attached hydrogens (tertiary/aromatic N) is 2. The van der Waals surface area contributed by atoms with Crippen molar-refractivity contribution in [2.75, 3.05) is 20.7 Å². The third-order valence-electron chi connectivity index (χ3n) is 1.38. The van der Waals surface area contributed by atoms with Crippen molar-refractivity contribution in [3.05, 3.63) is 12.3 Å². The molecule has 0 atom stereocenters. The summed E-state index contributed by atoms with van der Waals surface area (Å²) in [5.41, 5.74) is 0.998. The summed E-state index contributed by atoms with van der Waals surface area (Å²) in [6.45, 7) is 4.69. The van der Waals surface area contributed by atoms with Gasteiger partial charge in [-0.05, 0) is 19.4 Å². The zero-order valence-electron chi connectivity index (χ0n) is 9.08. The van der Waals surface area contributed by atoms with Crippen LogP contribution in [0.1, 0.15) is 26.7 Å². The Hall–Kier alpha value is -0.990. The van der Waals surface area contributed by atoms with E-state index in [2.05, 4.69) is 12.1 Å². The predicted octanol–water partition coefficient (Wildman–Crippen LogP) is 2.25. The van der Waals surface area contributed by atoms with Gasteiger partial charge in [-0.25, -0.2) is 0 Å². The van der Waals surface area contributed by atoms with Gasteiger partial charge in [0.1, 0.15) is 6.61 Å². The first kappa shape index (κ1) is 12.0. The highest BCUT2D eigenvalue weighted by Gasteiger charge is 1.93. The van der Waals surface area contributed by atoms with Crippen molar-refractivity contribution in [3.8, 4) is 0 Å². The van der Waals surface area contributed by atoms with Crippen molar-refractivity contribution in [2.24, 2.45) is 5.16 Å². The van der Waals surface area contributed by atoms with E-state index in [1.54, 1.807) is 0 Å². The summed E-state index contributed by atoms with van der Waals surface area (Å²) in [6, 6.07) is 0. The molecule has 0 N–H and O–H groups in total. The Kier molecular flexibility index (Phi) is 7.07. The molecule has 0 aliphatic rings. The molecule has 0 aliphatic carbocycles. The number of hydrogen-bond acceptors (Lipinski definition) is 3. The van der Waals surface area contributed by atoms with Crippen LogP contribution in [0.15, 0.2) is 17.4 Å². The van der Waals surface area contributed by atoms with E-state index in [1.165, 1.54) is 0 Å². The van der Waals surface area contributed by atoms with Crippen LogP contribution in [0.3, 0.4) is 0 Å². The summed E-state index contributed by atoms with van der Waals surface area (Å²) in [7, 11) is 3.97. The minimum atomic E-state index is 0.628. The van der Waals surface area contributed by atoms with Crippen LogP contribution in [0.5, 0.6) is 0 Å². The van der Waals surface area contributed by atoms with E-state index in [9.17, 15) is 0 Å². The van der Waals surface area contributed by atoms with Crippen LogP contribution in [0, 0.1) is 0 Å². The lowest BCUT2D eigenvalue weighted by atomic mass is 10.2. The Morgan fingerprint density at radius 1 is 1.38 bits per heavy atom. The smallest absolute Gasteiger partial charge is 0.114 e. The van der Waals surface area contributed by atoms with Gasteiger partial charge in [0.2, 0.25) is 0 Å². The van der Waals surface area contributed by atoms with Crippen LogP contribution >= 0.6 is 0 Å². The van der Waals surface area contributed by atoms with E-state index in [0.717, 1.165) is 18.6 Å². The Bertz CT molecular complexity index is 174. The first-order chi connectivity index (χ1) is 6.20. The number of oxime groups is 1. The van der Waals surface area contributed by atoms with Gasteiger partial charge in [0.15, 0.2) is 0 Å². The second-order valence-corrected chi connectivity index (χ2v) is 3.03. The van der Waals surface area contributed by atoms with Crippen molar-refractivity contribution in [3.63, 3.8) is 0 Å². The van der Waals surface area contributed by atoms with Gasteiger partial charge in [-0.3, -0.25) is 0 Å². The first-order valence-electron chi connectivity index (χ1n) is 4.74. The molecule has 0 aliphatic heterocycles.